The predicted octanol–water partition coefficient (Wildman–Crippen LogP) is 3.55. The van der Waals surface area contributed by atoms with Gasteiger partial charge in [-0.15, -0.1) is 0 Å². The molecule has 0 aliphatic carbocycles. The first-order chi connectivity index (χ1) is 12.0. The highest BCUT2D eigenvalue weighted by Gasteiger charge is 2.48. The Balaban J connectivity index is 2.60. The van der Waals surface area contributed by atoms with Gasteiger partial charge in [-0.25, -0.2) is 12.8 Å². The molecule has 0 radical (unpaired) electrons. The van der Waals surface area contributed by atoms with Crippen LogP contribution in [0.2, 0.25) is 0 Å². The molecule has 10 heteroatoms. The van der Waals surface area contributed by atoms with Crippen molar-refractivity contribution in [1.82, 2.24) is 4.31 Å². The lowest BCUT2D eigenvalue weighted by Gasteiger charge is -2.31. The predicted molar refractivity (Wildman–Crippen MR) is 84.5 cm³/mol. The van der Waals surface area contributed by atoms with Crippen molar-refractivity contribution in [2.45, 2.75) is 24.0 Å². The van der Waals surface area contributed by atoms with E-state index in [0.717, 1.165) is 36.4 Å². The molecule has 0 fully saturated rings. The molecule has 0 amide bonds. The third kappa shape index (κ3) is 3.91. The summed E-state index contributed by atoms with van der Waals surface area (Å²) in [7, 11) is -4.68. The topological polar surface area (TPSA) is 77.8 Å². The average Bonchev–Trinajstić information content (AvgIpc) is 2.54. The largest absolute Gasteiger partial charge is 0.504 e. The molecule has 0 spiro atoms. The molecule has 0 heterocycles. The zero-order valence-corrected chi connectivity index (χ0v) is 14.2. The lowest BCUT2D eigenvalue weighted by atomic mass is 10.1. The maximum atomic E-state index is 13.6. The van der Waals surface area contributed by atoms with Gasteiger partial charge >= 0.3 is 6.18 Å². The summed E-state index contributed by atoms with van der Waals surface area (Å²) in [6, 6.07) is 3.18. The molecule has 0 aliphatic heterocycles. The van der Waals surface area contributed by atoms with Gasteiger partial charge in [-0.05, 0) is 29.8 Å². The van der Waals surface area contributed by atoms with Crippen molar-refractivity contribution >= 4 is 10.0 Å². The minimum atomic E-state index is -4.97. The van der Waals surface area contributed by atoms with Crippen LogP contribution in [0.5, 0.6) is 11.5 Å². The molecule has 2 aromatic carbocycles. The van der Waals surface area contributed by atoms with E-state index in [0.29, 0.717) is 6.07 Å². The SMILES string of the molecule is CCN([C@H](c1ccc(F)cc1)C(F)(F)F)S(=O)(=O)c1ccc(O)c(O)c1. The van der Waals surface area contributed by atoms with Crippen LogP contribution in [0, 0.1) is 5.82 Å². The number of hydrogen-bond donors (Lipinski definition) is 2. The highest BCUT2D eigenvalue weighted by atomic mass is 32.2. The first-order valence-electron chi connectivity index (χ1n) is 7.34. The smallest absolute Gasteiger partial charge is 0.409 e. The Kier molecular flexibility index (Phi) is 5.47. The zero-order valence-electron chi connectivity index (χ0n) is 13.4. The summed E-state index contributed by atoms with van der Waals surface area (Å²) in [5.41, 5.74) is -0.452. The standard InChI is InChI=1S/C16H15F4NO4S/c1-2-21(26(24,25)12-7-8-13(22)14(23)9-12)15(16(18,19)20)10-3-5-11(17)6-4-10/h3-9,15,22-23H,2H2,1H3/t15-/m1/s1. The van der Waals surface area contributed by atoms with Gasteiger partial charge in [0, 0.05) is 12.6 Å². The van der Waals surface area contributed by atoms with Crippen LogP contribution in [0.25, 0.3) is 0 Å². The molecule has 0 aromatic heterocycles. The van der Waals surface area contributed by atoms with E-state index in [9.17, 15) is 36.2 Å². The quantitative estimate of drug-likeness (QED) is 0.602. The van der Waals surface area contributed by atoms with Gasteiger partial charge in [0.2, 0.25) is 10.0 Å². The second-order valence-corrected chi connectivity index (χ2v) is 7.25. The lowest BCUT2D eigenvalue weighted by molar-refractivity contribution is -0.173. The van der Waals surface area contributed by atoms with Crippen molar-refractivity contribution in [2.24, 2.45) is 0 Å². The molecule has 5 nitrogen and oxygen atoms in total. The van der Waals surface area contributed by atoms with Gasteiger partial charge in [0.1, 0.15) is 11.9 Å². The molecule has 1 atom stereocenters. The Morgan fingerprint density at radius 1 is 1.04 bits per heavy atom. The first-order valence-corrected chi connectivity index (χ1v) is 8.78. The van der Waals surface area contributed by atoms with E-state index in [1.807, 2.05) is 0 Å². The minimum Gasteiger partial charge on any atom is -0.504 e. The molecule has 2 rings (SSSR count). The van der Waals surface area contributed by atoms with Gasteiger partial charge in [-0.3, -0.25) is 0 Å². The van der Waals surface area contributed by atoms with Gasteiger partial charge in [-0.2, -0.15) is 17.5 Å². The van der Waals surface area contributed by atoms with Crippen molar-refractivity contribution in [3.05, 3.63) is 53.8 Å². The Bertz CT molecular complexity index is 882. The third-order valence-corrected chi connectivity index (χ3v) is 5.59. The third-order valence-electron chi connectivity index (χ3n) is 3.65. The van der Waals surface area contributed by atoms with E-state index in [-0.39, 0.29) is 4.31 Å². The van der Waals surface area contributed by atoms with Gasteiger partial charge in [0.15, 0.2) is 11.5 Å². The van der Waals surface area contributed by atoms with Crippen molar-refractivity contribution in [2.75, 3.05) is 6.54 Å². The summed E-state index contributed by atoms with van der Waals surface area (Å²) in [6.07, 6.45) is -4.97. The number of hydrogen-bond acceptors (Lipinski definition) is 4. The number of phenolic OH excluding ortho intramolecular Hbond substituents is 2. The van der Waals surface area contributed by atoms with Crippen molar-refractivity contribution in [3.63, 3.8) is 0 Å². The second kappa shape index (κ2) is 7.12. The molecular formula is C16H15F4NO4S. The normalized spacial score (nSPS) is 13.8. The average molecular weight is 393 g/mol. The summed E-state index contributed by atoms with van der Waals surface area (Å²) in [5, 5.41) is 18.7. The Labute approximate surface area is 147 Å². The summed E-state index contributed by atoms with van der Waals surface area (Å²) in [6.45, 7) is 0.686. The van der Waals surface area contributed by atoms with Crippen LogP contribution in [0.3, 0.4) is 0 Å². The highest BCUT2D eigenvalue weighted by Crippen LogP contribution is 2.41. The van der Waals surface area contributed by atoms with Gasteiger partial charge in [0.05, 0.1) is 4.90 Å². The van der Waals surface area contributed by atoms with Crippen LogP contribution in [0.1, 0.15) is 18.5 Å². The first kappa shape index (κ1) is 20.0. The zero-order chi connectivity index (χ0) is 19.7. The fourth-order valence-electron chi connectivity index (χ4n) is 2.45. The van der Waals surface area contributed by atoms with Crippen molar-refractivity contribution in [3.8, 4) is 11.5 Å². The van der Waals surface area contributed by atoms with Crippen LogP contribution < -0.4 is 0 Å². The van der Waals surface area contributed by atoms with E-state index in [1.54, 1.807) is 0 Å². The van der Waals surface area contributed by atoms with Crippen molar-refractivity contribution in [1.29, 1.82) is 0 Å². The number of aromatic hydroxyl groups is 2. The maximum Gasteiger partial charge on any atom is 0.409 e. The van der Waals surface area contributed by atoms with E-state index >= 15 is 0 Å². The molecule has 0 aliphatic rings. The number of halogens is 4. The van der Waals surface area contributed by atoms with Crippen LogP contribution in [0.15, 0.2) is 47.4 Å². The van der Waals surface area contributed by atoms with Gasteiger partial charge < -0.3 is 10.2 Å². The Hall–Kier alpha value is -2.33. The number of rotatable bonds is 5. The Morgan fingerprint density at radius 3 is 2.08 bits per heavy atom. The van der Waals surface area contributed by atoms with Crippen LogP contribution in [-0.2, 0) is 10.0 Å². The molecular weight excluding hydrogens is 378 g/mol. The summed E-state index contributed by atoms with van der Waals surface area (Å²) in [4.78, 5) is -0.619. The molecule has 0 unspecified atom stereocenters. The number of sulfonamides is 1. The van der Waals surface area contributed by atoms with E-state index in [1.165, 1.54) is 6.92 Å². The van der Waals surface area contributed by atoms with E-state index in [4.69, 9.17) is 0 Å². The molecule has 0 bridgehead atoms. The fraction of sp³-hybridized carbons (Fsp3) is 0.250. The molecule has 142 valence electrons. The number of alkyl halides is 3. The van der Waals surface area contributed by atoms with E-state index < -0.39 is 56.6 Å². The summed E-state index contributed by atoms with van der Waals surface area (Å²) in [5.74, 6) is -2.16. The van der Waals surface area contributed by atoms with E-state index in [2.05, 4.69) is 0 Å². The Morgan fingerprint density at radius 2 is 1.62 bits per heavy atom. The second-order valence-electron chi connectivity index (χ2n) is 5.35. The van der Waals surface area contributed by atoms with Crippen LogP contribution in [-0.4, -0.2) is 35.7 Å². The number of nitrogens with zero attached hydrogens (tertiary/aromatic N) is 1. The molecule has 2 N–H and O–H groups in total. The van der Waals surface area contributed by atoms with Crippen molar-refractivity contribution < 1.29 is 36.2 Å². The summed E-state index contributed by atoms with van der Waals surface area (Å²) < 4.78 is 79.6. The molecule has 0 saturated carbocycles. The number of phenols is 2. The molecule has 26 heavy (non-hydrogen) atoms. The molecule has 0 saturated heterocycles. The number of benzene rings is 2. The summed E-state index contributed by atoms with van der Waals surface area (Å²) >= 11 is 0. The minimum absolute atomic E-state index is 0.200. The van der Waals surface area contributed by atoms with Gasteiger partial charge in [0.25, 0.3) is 0 Å². The lowest BCUT2D eigenvalue weighted by Crippen LogP contribution is -2.42. The molecule has 2 aromatic rings. The monoisotopic (exact) mass is 393 g/mol. The fourth-order valence-corrected chi connectivity index (χ4v) is 4.08. The van der Waals surface area contributed by atoms with Crippen LogP contribution in [0.4, 0.5) is 17.6 Å². The van der Waals surface area contributed by atoms with Gasteiger partial charge in [-0.1, -0.05) is 19.1 Å². The highest BCUT2D eigenvalue weighted by molar-refractivity contribution is 7.89. The van der Waals surface area contributed by atoms with Crippen LogP contribution >= 0.6 is 0 Å². The maximum absolute atomic E-state index is 13.6.